The van der Waals surface area contributed by atoms with E-state index in [0.29, 0.717) is 23.4 Å². The summed E-state index contributed by atoms with van der Waals surface area (Å²) in [6.45, 7) is 4.30. The average molecular weight is 240 g/mol. The van der Waals surface area contributed by atoms with E-state index in [9.17, 15) is 4.79 Å². The largest absolute Gasteiger partial charge is 0.478 e. The third-order valence-corrected chi connectivity index (χ3v) is 2.80. The van der Waals surface area contributed by atoms with E-state index in [2.05, 4.69) is 9.97 Å². The molecule has 0 aliphatic rings. The van der Waals surface area contributed by atoms with Crippen LogP contribution in [0, 0.1) is 6.92 Å². The molecule has 0 aromatic carbocycles. The lowest BCUT2D eigenvalue weighted by molar-refractivity contribution is 0.0696. The number of carboxylic acids is 1. The molecule has 0 atom stereocenters. The van der Waals surface area contributed by atoms with Gasteiger partial charge in [-0.05, 0) is 13.8 Å². The standard InChI is InChI=1S/C10H10ClN3O2/c1-3-14-4-12-8-7(11)6(10(15)16)5(2)13-9(8)14/h4H,3H2,1-2H3,(H,15,16). The van der Waals surface area contributed by atoms with E-state index in [-0.39, 0.29) is 10.6 Å². The van der Waals surface area contributed by atoms with Crippen LogP contribution in [0.15, 0.2) is 6.33 Å². The zero-order chi connectivity index (χ0) is 11.9. The number of imidazole rings is 1. The molecule has 0 bridgehead atoms. The molecule has 0 amide bonds. The summed E-state index contributed by atoms with van der Waals surface area (Å²) in [4.78, 5) is 19.3. The molecule has 0 aliphatic carbocycles. The molecule has 1 N–H and O–H groups in total. The van der Waals surface area contributed by atoms with Crippen molar-refractivity contribution in [2.24, 2.45) is 0 Å². The molecule has 0 radical (unpaired) electrons. The Balaban J connectivity index is 2.85. The van der Waals surface area contributed by atoms with Gasteiger partial charge in [0.1, 0.15) is 11.1 Å². The second-order valence-corrected chi connectivity index (χ2v) is 3.77. The van der Waals surface area contributed by atoms with Gasteiger partial charge < -0.3 is 9.67 Å². The van der Waals surface area contributed by atoms with E-state index in [1.807, 2.05) is 11.5 Å². The van der Waals surface area contributed by atoms with Crippen LogP contribution in [-0.2, 0) is 6.54 Å². The van der Waals surface area contributed by atoms with Gasteiger partial charge in [-0.1, -0.05) is 11.6 Å². The van der Waals surface area contributed by atoms with Crippen molar-refractivity contribution in [1.82, 2.24) is 14.5 Å². The second-order valence-electron chi connectivity index (χ2n) is 3.39. The number of aromatic carboxylic acids is 1. The number of carboxylic acid groups (broad SMARTS) is 1. The van der Waals surface area contributed by atoms with E-state index in [1.165, 1.54) is 0 Å². The third kappa shape index (κ3) is 1.44. The van der Waals surface area contributed by atoms with Gasteiger partial charge in [0.25, 0.3) is 0 Å². The number of rotatable bonds is 2. The molecule has 5 nitrogen and oxygen atoms in total. The van der Waals surface area contributed by atoms with Crippen molar-refractivity contribution >= 4 is 28.7 Å². The summed E-state index contributed by atoms with van der Waals surface area (Å²) >= 11 is 6.02. The fourth-order valence-corrected chi connectivity index (χ4v) is 1.97. The van der Waals surface area contributed by atoms with Crippen LogP contribution in [0.4, 0.5) is 0 Å². The van der Waals surface area contributed by atoms with Crippen LogP contribution in [0.1, 0.15) is 23.0 Å². The number of carbonyl (C=O) groups is 1. The summed E-state index contributed by atoms with van der Waals surface area (Å²) in [6, 6.07) is 0. The number of pyridine rings is 1. The van der Waals surface area contributed by atoms with Crippen molar-refractivity contribution in [2.75, 3.05) is 0 Å². The predicted molar refractivity (Wildman–Crippen MR) is 59.9 cm³/mol. The van der Waals surface area contributed by atoms with Gasteiger partial charge in [-0.2, -0.15) is 0 Å². The lowest BCUT2D eigenvalue weighted by Gasteiger charge is -2.05. The highest BCUT2D eigenvalue weighted by Crippen LogP contribution is 2.26. The van der Waals surface area contributed by atoms with Gasteiger partial charge in [-0.15, -0.1) is 0 Å². The molecule has 84 valence electrons. The normalized spacial score (nSPS) is 10.9. The summed E-state index contributed by atoms with van der Waals surface area (Å²) in [7, 11) is 0. The van der Waals surface area contributed by atoms with Crippen LogP contribution in [0.2, 0.25) is 5.02 Å². The Morgan fingerprint density at radius 1 is 1.62 bits per heavy atom. The minimum Gasteiger partial charge on any atom is -0.478 e. The van der Waals surface area contributed by atoms with Crippen LogP contribution in [-0.4, -0.2) is 25.6 Å². The van der Waals surface area contributed by atoms with Gasteiger partial charge in [-0.25, -0.2) is 14.8 Å². The first-order valence-corrected chi connectivity index (χ1v) is 5.18. The fourth-order valence-electron chi connectivity index (χ4n) is 1.62. The van der Waals surface area contributed by atoms with Crippen molar-refractivity contribution in [2.45, 2.75) is 20.4 Å². The van der Waals surface area contributed by atoms with Gasteiger partial charge in [0, 0.05) is 6.54 Å². The maximum absolute atomic E-state index is 11.0. The molecule has 6 heteroatoms. The monoisotopic (exact) mass is 239 g/mol. The Kier molecular flexibility index (Phi) is 2.55. The van der Waals surface area contributed by atoms with Crippen LogP contribution in [0.5, 0.6) is 0 Å². The first-order valence-electron chi connectivity index (χ1n) is 4.80. The Labute approximate surface area is 96.7 Å². The summed E-state index contributed by atoms with van der Waals surface area (Å²) < 4.78 is 1.82. The van der Waals surface area contributed by atoms with Crippen molar-refractivity contribution < 1.29 is 9.90 Å². The van der Waals surface area contributed by atoms with Gasteiger partial charge in [0.2, 0.25) is 0 Å². The van der Waals surface area contributed by atoms with Crippen molar-refractivity contribution in [1.29, 1.82) is 0 Å². The van der Waals surface area contributed by atoms with Gasteiger partial charge in [0.05, 0.1) is 17.0 Å². The molecule has 0 aliphatic heterocycles. The quantitative estimate of drug-likeness (QED) is 0.872. The first-order chi connectivity index (χ1) is 7.56. The average Bonchev–Trinajstić information content (AvgIpc) is 2.60. The molecular formula is C10H10ClN3O2. The number of aromatic nitrogens is 3. The van der Waals surface area contributed by atoms with Crippen LogP contribution < -0.4 is 0 Å². The number of hydrogen-bond donors (Lipinski definition) is 1. The second kappa shape index (κ2) is 3.75. The number of aryl methyl sites for hydroxylation is 2. The highest BCUT2D eigenvalue weighted by atomic mass is 35.5. The van der Waals surface area contributed by atoms with Crippen molar-refractivity contribution in [3.05, 3.63) is 22.6 Å². The third-order valence-electron chi connectivity index (χ3n) is 2.43. The van der Waals surface area contributed by atoms with E-state index >= 15 is 0 Å². The van der Waals surface area contributed by atoms with Gasteiger partial charge >= 0.3 is 5.97 Å². The number of hydrogen-bond acceptors (Lipinski definition) is 3. The highest BCUT2D eigenvalue weighted by Gasteiger charge is 2.19. The molecule has 2 rings (SSSR count). The zero-order valence-electron chi connectivity index (χ0n) is 8.86. The number of nitrogens with zero attached hydrogens (tertiary/aromatic N) is 3. The van der Waals surface area contributed by atoms with Gasteiger partial charge in [-0.3, -0.25) is 0 Å². The molecule has 0 saturated carbocycles. The molecule has 0 spiro atoms. The van der Waals surface area contributed by atoms with Crippen molar-refractivity contribution in [3.63, 3.8) is 0 Å². The summed E-state index contributed by atoms with van der Waals surface area (Å²) in [5, 5.41) is 9.17. The Morgan fingerprint density at radius 3 is 2.88 bits per heavy atom. The first kappa shape index (κ1) is 10.9. The van der Waals surface area contributed by atoms with Crippen molar-refractivity contribution in [3.8, 4) is 0 Å². The van der Waals surface area contributed by atoms with Gasteiger partial charge in [0.15, 0.2) is 5.65 Å². The molecule has 0 saturated heterocycles. The molecule has 2 aromatic heterocycles. The summed E-state index contributed by atoms with van der Waals surface area (Å²) in [5.41, 5.74) is 1.48. The summed E-state index contributed by atoms with van der Waals surface area (Å²) in [5.74, 6) is -1.08. The lowest BCUT2D eigenvalue weighted by Crippen LogP contribution is -2.05. The Hall–Kier alpha value is -1.62. The van der Waals surface area contributed by atoms with E-state index < -0.39 is 5.97 Å². The Bertz CT molecular complexity index is 577. The van der Waals surface area contributed by atoms with E-state index in [4.69, 9.17) is 16.7 Å². The molecule has 2 heterocycles. The molecule has 16 heavy (non-hydrogen) atoms. The maximum atomic E-state index is 11.0. The highest BCUT2D eigenvalue weighted by molar-refractivity contribution is 6.37. The molecular weight excluding hydrogens is 230 g/mol. The lowest BCUT2D eigenvalue weighted by atomic mass is 10.2. The molecule has 0 fully saturated rings. The maximum Gasteiger partial charge on any atom is 0.339 e. The number of halogens is 1. The fraction of sp³-hybridized carbons (Fsp3) is 0.300. The van der Waals surface area contributed by atoms with Crippen LogP contribution in [0.3, 0.4) is 0 Å². The smallest absolute Gasteiger partial charge is 0.339 e. The van der Waals surface area contributed by atoms with Crippen LogP contribution in [0.25, 0.3) is 11.2 Å². The zero-order valence-corrected chi connectivity index (χ0v) is 9.62. The topological polar surface area (TPSA) is 68.0 Å². The Morgan fingerprint density at radius 2 is 2.31 bits per heavy atom. The predicted octanol–water partition coefficient (Wildman–Crippen LogP) is 2.11. The van der Waals surface area contributed by atoms with E-state index in [1.54, 1.807) is 13.3 Å². The van der Waals surface area contributed by atoms with Crippen LogP contribution >= 0.6 is 11.6 Å². The number of fused-ring (bicyclic) bond motifs is 1. The minimum atomic E-state index is -1.08. The molecule has 2 aromatic rings. The SMILES string of the molecule is CCn1cnc2c(Cl)c(C(=O)O)c(C)nc21. The minimum absolute atomic E-state index is 0.0236. The van der Waals surface area contributed by atoms with E-state index in [0.717, 1.165) is 0 Å². The summed E-state index contributed by atoms with van der Waals surface area (Å²) in [6.07, 6.45) is 1.61. The molecule has 0 unspecified atom stereocenters.